The number of hydrogen-bond donors (Lipinski definition) is 0. The Morgan fingerprint density at radius 3 is 2.16 bits per heavy atom. The van der Waals surface area contributed by atoms with Crippen LogP contribution in [0.4, 0.5) is 17.1 Å². The maximum Gasteiger partial charge on any atom is 0.287 e. The number of nitro benzene ring substituents is 3. The number of non-ortho nitro benzene ring substituents is 1. The molecule has 3 aromatic rings. The number of amides is 3. The summed E-state index contributed by atoms with van der Waals surface area (Å²) in [6, 6.07) is 11.2. The lowest BCUT2D eigenvalue weighted by Gasteiger charge is -2.30. The summed E-state index contributed by atoms with van der Waals surface area (Å²) < 4.78 is 0. The number of fused-ring (bicyclic) bond motifs is 1. The SMILES string of the molecule is O=C(c1cccc([N+](=O)[O-])c1)N(Cc1ccc(Cl)cc1[N+](=O)[O-])N1C(=O)c2cccc([N+](=O)[O-])c2C1=O. The quantitative estimate of drug-likeness (QED) is 0.250. The molecule has 1 heterocycles. The molecule has 1 aliphatic rings. The Kier molecular flexibility index (Phi) is 6.34. The Labute approximate surface area is 210 Å². The van der Waals surface area contributed by atoms with Crippen LogP contribution in [0.2, 0.25) is 5.02 Å². The van der Waals surface area contributed by atoms with Crippen LogP contribution in [-0.4, -0.2) is 42.5 Å². The summed E-state index contributed by atoms with van der Waals surface area (Å²) in [6.07, 6.45) is 0. The van der Waals surface area contributed by atoms with E-state index in [4.69, 9.17) is 11.6 Å². The molecule has 3 amide bonds. The molecule has 0 atom stereocenters. The minimum atomic E-state index is -1.22. The molecule has 0 radical (unpaired) electrons. The van der Waals surface area contributed by atoms with Gasteiger partial charge in [0.1, 0.15) is 5.56 Å². The summed E-state index contributed by atoms with van der Waals surface area (Å²) in [5.41, 5.74) is -3.08. The first-order chi connectivity index (χ1) is 17.5. The fourth-order valence-electron chi connectivity index (χ4n) is 3.76. The lowest BCUT2D eigenvalue weighted by atomic mass is 10.1. The van der Waals surface area contributed by atoms with Crippen LogP contribution >= 0.6 is 11.6 Å². The number of halogens is 1. The van der Waals surface area contributed by atoms with Gasteiger partial charge in [0.2, 0.25) is 0 Å². The highest BCUT2D eigenvalue weighted by molar-refractivity contribution is 6.30. The summed E-state index contributed by atoms with van der Waals surface area (Å²) in [7, 11) is 0. The zero-order valence-corrected chi connectivity index (χ0v) is 19.0. The second kappa shape index (κ2) is 9.43. The Morgan fingerprint density at radius 2 is 1.51 bits per heavy atom. The zero-order chi connectivity index (χ0) is 27.0. The number of hydrogen-bond acceptors (Lipinski definition) is 9. The van der Waals surface area contributed by atoms with E-state index in [1.807, 2.05) is 0 Å². The lowest BCUT2D eigenvalue weighted by Crippen LogP contribution is -2.49. The van der Waals surface area contributed by atoms with Crippen molar-refractivity contribution in [1.82, 2.24) is 10.0 Å². The van der Waals surface area contributed by atoms with E-state index in [-0.39, 0.29) is 21.7 Å². The van der Waals surface area contributed by atoms with Gasteiger partial charge in [-0.25, -0.2) is 5.01 Å². The summed E-state index contributed by atoms with van der Waals surface area (Å²) in [5, 5.41) is 35.2. The highest BCUT2D eigenvalue weighted by Crippen LogP contribution is 2.34. The molecule has 0 bridgehead atoms. The number of benzene rings is 3. The second-order valence-corrected chi connectivity index (χ2v) is 8.02. The van der Waals surface area contributed by atoms with Crippen LogP contribution in [0, 0.1) is 30.3 Å². The van der Waals surface area contributed by atoms with Gasteiger partial charge in [0.15, 0.2) is 0 Å². The van der Waals surface area contributed by atoms with E-state index in [1.165, 1.54) is 30.3 Å². The van der Waals surface area contributed by atoms with Crippen LogP contribution in [0.5, 0.6) is 0 Å². The molecule has 15 heteroatoms. The highest BCUT2D eigenvalue weighted by Gasteiger charge is 2.46. The molecule has 0 unspecified atom stereocenters. The highest BCUT2D eigenvalue weighted by atomic mass is 35.5. The van der Waals surface area contributed by atoms with Crippen LogP contribution in [0.1, 0.15) is 36.6 Å². The fourth-order valence-corrected chi connectivity index (χ4v) is 3.93. The molecule has 0 spiro atoms. The average Bonchev–Trinajstić information content (AvgIpc) is 3.12. The first-order valence-electron chi connectivity index (χ1n) is 10.2. The van der Waals surface area contributed by atoms with E-state index in [2.05, 4.69) is 0 Å². The van der Waals surface area contributed by atoms with E-state index in [9.17, 15) is 44.7 Å². The molecular weight excluding hydrogens is 514 g/mol. The molecule has 14 nitrogen and oxygen atoms in total. The van der Waals surface area contributed by atoms with E-state index in [0.29, 0.717) is 10.0 Å². The van der Waals surface area contributed by atoms with Gasteiger partial charge >= 0.3 is 0 Å². The molecular formula is C22H12ClN5O9. The number of carbonyl (C=O) groups excluding carboxylic acids is 3. The Hall–Kier alpha value is -5.24. The van der Waals surface area contributed by atoms with Gasteiger partial charge in [0.05, 0.1) is 32.4 Å². The topological polar surface area (TPSA) is 187 Å². The molecule has 0 N–H and O–H groups in total. The van der Waals surface area contributed by atoms with E-state index in [1.54, 1.807) is 0 Å². The van der Waals surface area contributed by atoms with Gasteiger partial charge in [-0.3, -0.25) is 44.7 Å². The minimum Gasteiger partial charge on any atom is -0.267 e. The van der Waals surface area contributed by atoms with Crippen molar-refractivity contribution in [1.29, 1.82) is 0 Å². The Bertz CT molecular complexity index is 1540. The molecule has 0 aliphatic carbocycles. The number of hydrazine groups is 1. The number of carbonyl (C=O) groups is 3. The normalized spacial score (nSPS) is 12.3. The molecule has 4 rings (SSSR count). The molecule has 186 valence electrons. The van der Waals surface area contributed by atoms with Crippen molar-refractivity contribution in [3.05, 3.63) is 118 Å². The number of nitro groups is 3. The monoisotopic (exact) mass is 525 g/mol. The molecule has 0 fully saturated rings. The van der Waals surface area contributed by atoms with Gasteiger partial charge < -0.3 is 0 Å². The molecule has 0 saturated heterocycles. The number of nitrogens with zero attached hydrogens (tertiary/aromatic N) is 5. The van der Waals surface area contributed by atoms with Gasteiger partial charge in [0, 0.05) is 34.9 Å². The maximum atomic E-state index is 13.5. The lowest BCUT2D eigenvalue weighted by molar-refractivity contribution is -0.385. The molecule has 0 aromatic heterocycles. The smallest absolute Gasteiger partial charge is 0.267 e. The summed E-state index contributed by atoms with van der Waals surface area (Å²) >= 11 is 5.85. The summed E-state index contributed by atoms with van der Waals surface area (Å²) in [6.45, 7) is -0.728. The third kappa shape index (κ3) is 4.43. The van der Waals surface area contributed by atoms with Crippen LogP contribution in [0.25, 0.3) is 0 Å². The van der Waals surface area contributed by atoms with Crippen molar-refractivity contribution < 1.29 is 29.2 Å². The van der Waals surface area contributed by atoms with Crippen molar-refractivity contribution in [2.75, 3.05) is 0 Å². The Morgan fingerprint density at radius 1 is 0.838 bits per heavy atom. The van der Waals surface area contributed by atoms with E-state index in [0.717, 1.165) is 30.3 Å². The molecule has 1 aliphatic heterocycles. The van der Waals surface area contributed by atoms with Gasteiger partial charge in [-0.15, -0.1) is 0 Å². The fraction of sp³-hybridized carbons (Fsp3) is 0.0455. The standard InChI is InChI=1S/C22H12ClN5O9/c23-14-8-7-13(18(10-14)28(36)37)11-24(20(29)12-3-1-4-15(9-12)26(32)33)25-21(30)16-5-2-6-17(27(34)35)19(16)22(25)31/h1-10H,11H2. The van der Waals surface area contributed by atoms with Crippen molar-refractivity contribution in [3.8, 4) is 0 Å². The summed E-state index contributed by atoms with van der Waals surface area (Å²) in [4.78, 5) is 71.9. The first-order valence-corrected chi connectivity index (χ1v) is 10.5. The average molecular weight is 526 g/mol. The predicted molar refractivity (Wildman–Crippen MR) is 125 cm³/mol. The van der Waals surface area contributed by atoms with Crippen molar-refractivity contribution in [2.45, 2.75) is 6.54 Å². The second-order valence-electron chi connectivity index (χ2n) is 7.58. The van der Waals surface area contributed by atoms with Gasteiger partial charge in [-0.05, 0) is 24.3 Å². The van der Waals surface area contributed by atoms with E-state index >= 15 is 0 Å². The number of imide groups is 1. The van der Waals surface area contributed by atoms with Crippen LogP contribution < -0.4 is 0 Å². The zero-order valence-electron chi connectivity index (χ0n) is 18.3. The molecule has 37 heavy (non-hydrogen) atoms. The Balaban J connectivity index is 1.87. The maximum absolute atomic E-state index is 13.5. The van der Waals surface area contributed by atoms with E-state index < -0.39 is 61.7 Å². The molecule has 0 saturated carbocycles. The van der Waals surface area contributed by atoms with Crippen LogP contribution in [-0.2, 0) is 6.54 Å². The third-order valence-electron chi connectivity index (χ3n) is 5.41. The van der Waals surface area contributed by atoms with Gasteiger partial charge in [-0.2, -0.15) is 5.01 Å². The van der Waals surface area contributed by atoms with Crippen LogP contribution in [0.3, 0.4) is 0 Å². The predicted octanol–water partition coefficient (Wildman–Crippen LogP) is 3.92. The van der Waals surface area contributed by atoms with Crippen LogP contribution in [0.15, 0.2) is 60.7 Å². The van der Waals surface area contributed by atoms with Gasteiger partial charge in [-0.1, -0.05) is 23.7 Å². The third-order valence-corrected chi connectivity index (χ3v) is 5.65. The first kappa shape index (κ1) is 24.9. The van der Waals surface area contributed by atoms with Crippen molar-refractivity contribution in [2.24, 2.45) is 0 Å². The summed E-state index contributed by atoms with van der Waals surface area (Å²) in [5.74, 6) is -3.42. The van der Waals surface area contributed by atoms with Gasteiger partial charge in [0.25, 0.3) is 34.8 Å². The molecule has 3 aromatic carbocycles. The van der Waals surface area contributed by atoms with Crippen molar-refractivity contribution in [3.63, 3.8) is 0 Å². The minimum absolute atomic E-state index is 0.00312. The van der Waals surface area contributed by atoms with Crippen molar-refractivity contribution >= 4 is 46.4 Å². The largest absolute Gasteiger partial charge is 0.287 e. The number of rotatable bonds is 7.